The van der Waals surface area contributed by atoms with Gasteiger partial charge in [-0.15, -0.1) is 9.83 Å². The highest BCUT2D eigenvalue weighted by molar-refractivity contribution is 5.90. The number of hydrogen-bond acceptors (Lipinski definition) is 7. The Bertz CT molecular complexity index is 1730. The van der Waals surface area contributed by atoms with E-state index in [0.717, 1.165) is 22.0 Å². The molecule has 2 N–H and O–H groups in total. The van der Waals surface area contributed by atoms with Crippen LogP contribution in [-0.4, -0.2) is 34.9 Å². The molecule has 9 heteroatoms. The number of nitrogens with one attached hydrogen (secondary N) is 1. The number of rotatable bonds is 4. The van der Waals surface area contributed by atoms with Crippen molar-refractivity contribution in [3.63, 3.8) is 0 Å². The van der Waals surface area contributed by atoms with Crippen LogP contribution >= 0.6 is 0 Å². The molecule has 0 spiro atoms. The highest BCUT2D eigenvalue weighted by Crippen LogP contribution is 2.27. The van der Waals surface area contributed by atoms with E-state index in [0.29, 0.717) is 27.3 Å². The van der Waals surface area contributed by atoms with Crippen LogP contribution in [0.1, 0.15) is 0 Å². The van der Waals surface area contributed by atoms with Crippen molar-refractivity contribution in [2.45, 2.75) is 0 Å². The lowest BCUT2D eigenvalue weighted by atomic mass is 10.1. The minimum absolute atomic E-state index is 0.124. The normalized spacial score (nSPS) is 11.2. The molecule has 9 nitrogen and oxygen atoms in total. The SMILES string of the molecule is O=c1nc(Nc2cccc(-c3cn(-c4cccc5ccccc45)nn3)c2)c2cccnc2n1O. The molecule has 34 heavy (non-hydrogen) atoms. The molecular formula is C25H17N7O2. The molecule has 164 valence electrons. The van der Waals surface area contributed by atoms with E-state index in [1.165, 1.54) is 6.20 Å². The van der Waals surface area contributed by atoms with Crippen LogP contribution in [0, 0.1) is 0 Å². The number of nitrogens with zero attached hydrogens (tertiary/aromatic N) is 6. The predicted octanol–water partition coefficient (Wildman–Crippen LogP) is 4.17. The lowest BCUT2D eigenvalue weighted by Crippen LogP contribution is -2.23. The van der Waals surface area contributed by atoms with Gasteiger partial charge in [-0.25, -0.2) is 14.5 Å². The van der Waals surface area contributed by atoms with Gasteiger partial charge < -0.3 is 10.5 Å². The number of aromatic nitrogens is 6. The highest BCUT2D eigenvalue weighted by atomic mass is 16.5. The van der Waals surface area contributed by atoms with E-state index in [1.54, 1.807) is 16.8 Å². The van der Waals surface area contributed by atoms with Crippen LogP contribution in [0.5, 0.6) is 0 Å². The molecule has 3 aromatic heterocycles. The summed E-state index contributed by atoms with van der Waals surface area (Å²) in [5.74, 6) is 0.301. The first-order valence-electron chi connectivity index (χ1n) is 10.5. The van der Waals surface area contributed by atoms with Crippen LogP contribution < -0.4 is 11.0 Å². The van der Waals surface area contributed by atoms with Gasteiger partial charge in [0.1, 0.15) is 11.5 Å². The summed E-state index contributed by atoms with van der Waals surface area (Å²) in [6, 6.07) is 25.2. The molecule has 0 aliphatic carbocycles. The summed E-state index contributed by atoms with van der Waals surface area (Å²) >= 11 is 0. The quantitative estimate of drug-likeness (QED) is 0.390. The maximum absolute atomic E-state index is 12.1. The zero-order valence-electron chi connectivity index (χ0n) is 17.7. The molecule has 0 unspecified atom stereocenters. The van der Waals surface area contributed by atoms with E-state index in [1.807, 2.05) is 54.7 Å². The number of fused-ring (bicyclic) bond motifs is 2. The Morgan fingerprint density at radius 2 is 1.71 bits per heavy atom. The van der Waals surface area contributed by atoms with Crippen LogP contribution in [0.4, 0.5) is 11.5 Å². The molecule has 3 heterocycles. The van der Waals surface area contributed by atoms with Gasteiger partial charge in [0, 0.05) is 22.8 Å². The Labute approximate surface area is 192 Å². The Morgan fingerprint density at radius 3 is 2.65 bits per heavy atom. The number of benzene rings is 3. The molecule has 0 saturated carbocycles. The van der Waals surface area contributed by atoms with Gasteiger partial charge in [-0.05, 0) is 35.7 Å². The third kappa shape index (κ3) is 3.32. The summed E-state index contributed by atoms with van der Waals surface area (Å²) in [6.45, 7) is 0. The molecule has 0 amide bonds. The number of hydrogen-bond donors (Lipinski definition) is 2. The fourth-order valence-corrected chi connectivity index (χ4v) is 3.95. The third-order valence-electron chi connectivity index (χ3n) is 5.56. The molecule has 0 radical (unpaired) electrons. The van der Waals surface area contributed by atoms with Gasteiger partial charge in [0.05, 0.1) is 17.3 Å². The molecule has 6 aromatic rings. The van der Waals surface area contributed by atoms with Crippen molar-refractivity contribution in [1.29, 1.82) is 0 Å². The highest BCUT2D eigenvalue weighted by Gasteiger charge is 2.12. The molecule has 0 aliphatic heterocycles. The monoisotopic (exact) mass is 447 g/mol. The minimum Gasteiger partial charge on any atom is -0.422 e. The van der Waals surface area contributed by atoms with Crippen molar-refractivity contribution in [2.75, 3.05) is 5.32 Å². The van der Waals surface area contributed by atoms with Gasteiger partial charge >= 0.3 is 5.69 Å². The maximum Gasteiger partial charge on any atom is 0.384 e. The summed E-state index contributed by atoms with van der Waals surface area (Å²) in [5.41, 5.74) is 2.49. The summed E-state index contributed by atoms with van der Waals surface area (Å²) in [5, 5.41) is 24.5. The zero-order chi connectivity index (χ0) is 23.1. The van der Waals surface area contributed by atoms with Crippen LogP contribution in [0.3, 0.4) is 0 Å². The zero-order valence-corrected chi connectivity index (χ0v) is 17.7. The molecular weight excluding hydrogens is 430 g/mol. The van der Waals surface area contributed by atoms with Gasteiger partial charge in [-0.3, -0.25) is 0 Å². The van der Waals surface area contributed by atoms with Gasteiger partial charge in [-0.2, -0.15) is 4.98 Å². The second-order valence-corrected chi connectivity index (χ2v) is 7.68. The van der Waals surface area contributed by atoms with Crippen LogP contribution in [0.15, 0.2) is 96.1 Å². The molecule has 0 saturated heterocycles. The van der Waals surface area contributed by atoms with Crippen molar-refractivity contribution < 1.29 is 5.21 Å². The average Bonchev–Trinajstić information content (AvgIpc) is 3.37. The second kappa shape index (κ2) is 7.82. The standard InChI is InChI=1S/C25H17N7O2/c33-25-28-23(20-11-5-13-26-24(20)32(25)34)27-18-9-3-8-17(14-18)21-15-31(30-29-21)22-12-4-7-16-6-1-2-10-19(16)22/h1-15,34H,(H,27,28,33). The fraction of sp³-hybridized carbons (Fsp3) is 0. The Kier molecular flexibility index (Phi) is 4.51. The molecule has 6 rings (SSSR count). The van der Waals surface area contributed by atoms with E-state index in [4.69, 9.17) is 0 Å². The van der Waals surface area contributed by atoms with Crippen LogP contribution in [-0.2, 0) is 0 Å². The Morgan fingerprint density at radius 1 is 0.882 bits per heavy atom. The second-order valence-electron chi connectivity index (χ2n) is 7.68. The van der Waals surface area contributed by atoms with Gasteiger partial charge in [0.15, 0.2) is 5.65 Å². The first-order valence-corrected chi connectivity index (χ1v) is 10.5. The van der Waals surface area contributed by atoms with E-state index >= 15 is 0 Å². The largest absolute Gasteiger partial charge is 0.422 e. The fourth-order valence-electron chi connectivity index (χ4n) is 3.95. The van der Waals surface area contributed by atoms with E-state index in [-0.39, 0.29) is 5.65 Å². The molecule has 0 bridgehead atoms. The summed E-state index contributed by atoms with van der Waals surface area (Å²) in [7, 11) is 0. The van der Waals surface area contributed by atoms with Gasteiger partial charge in [-0.1, -0.05) is 53.7 Å². The lowest BCUT2D eigenvalue weighted by Gasteiger charge is -2.10. The first-order chi connectivity index (χ1) is 16.7. The molecule has 0 fully saturated rings. The molecule has 0 aliphatic rings. The number of pyridine rings is 1. The summed E-state index contributed by atoms with van der Waals surface area (Å²) < 4.78 is 2.20. The van der Waals surface area contributed by atoms with Crippen molar-refractivity contribution in [2.24, 2.45) is 0 Å². The van der Waals surface area contributed by atoms with Crippen molar-refractivity contribution in [1.82, 2.24) is 29.7 Å². The average molecular weight is 447 g/mol. The Hall–Kier alpha value is -5.05. The van der Waals surface area contributed by atoms with Gasteiger partial charge in [0.25, 0.3) is 0 Å². The van der Waals surface area contributed by atoms with Crippen molar-refractivity contribution in [3.8, 4) is 16.9 Å². The van der Waals surface area contributed by atoms with Crippen molar-refractivity contribution in [3.05, 3.63) is 102 Å². The molecule has 3 aromatic carbocycles. The Balaban J connectivity index is 1.36. The molecule has 0 atom stereocenters. The first kappa shape index (κ1) is 19.6. The summed E-state index contributed by atoms with van der Waals surface area (Å²) in [6.07, 6.45) is 3.38. The van der Waals surface area contributed by atoms with Gasteiger partial charge in [0.2, 0.25) is 0 Å². The lowest BCUT2D eigenvalue weighted by molar-refractivity contribution is 0.182. The van der Waals surface area contributed by atoms with Crippen molar-refractivity contribution >= 4 is 33.3 Å². The smallest absolute Gasteiger partial charge is 0.384 e. The summed E-state index contributed by atoms with van der Waals surface area (Å²) in [4.78, 5) is 20.1. The number of anilines is 2. The maximum atomic E-state index is 12.1. The topological polar surface area (TPSA) is 111 Å². The van der Waals surface area contributed by atoms with E-state index in [2.05, 4.69) is 43.8 Å². The predicted molar refractivity (Wildman–Crippen MR) is 129 cm³/mol. The third-order valence-corrected chi connectivity index (χ3v) is 5.56. The van der Waals surface area contributed by atoms with E-state index < -0.39 is 5.69 Å². The minimum atomic E-state index is -0.817. The van der Waals surface area contributed by atoms with Crippen LogP contribution in [0.2, 0.25) is 0 Å². The van der Waals surface area contributed by atoms with Crippen LogP contribution in [0.25, 0.3) is 38.8 Å². The van der Waals surface area contributed by atoms with E-state index in [9.17, 15) is 10.0 Å².